The molecule has 1 aromatic carbocycles. The molecule has 0 aliphatic carbocycles. The third-order valence-corrected chi connectivity index (χ3v) is 7.19. The predicted octanol–water partition coefficient (Wildman–Crippen LogP) is 5.68. The first kappa shape index (κ1) is 20.1. The Morgan fingerprint density at radius 1 is 1.16 bits per heavy atom. The number of fused-ring (bicyclic) bond motifs is 1. The standard InChI is InChI=1S/C21H15BrN4O3S2/c22-12-9-17(30-11-12)20-25-19(29-26-20)8-7-18(27)23-10-13-5-6-15(28-13)21-24-14-3-1-2-4-16(14)31-21/h1-6,9,11H,7-8,10H2,(H,23,27). The Balaban J connectivity index is 1.14. The van der Waals surface area contributed by atoms with Crippen molar-refractivity contribution < 1.29 is 13.7 Å². The number of thiophene rings is 1. The largest absolute Gasteiger partial charge is 0.457 e. The van der Waals surface area contributed by atoms with Gasteiger partial charge in [-0.15, -0.1) is 22.7 Å². The molecule has 31 heavy (non-hydrogen) atoms. The molecule has 4 heterocycles. The van der Waals surface area contributed by atoms with Gasteiger partial charge in [0, 0.05) is 22.7 Å². The maximum atomic E-state index is 12.2. The van der Waals surface area contributed by atoms with Gasteiger partial charge >= 0.3 is 0 Å². The monoisotopic (exact) mass is 514 g/mol. The summed E-state index contributed by atoms with van der Waals surface area (Å²) in [7, 11) is 0. The van der Waals surface area contributed by atoms with Gasteiger partial charge in [0.05, 0.1) is 21.6 Å². The van der Waals surface area contributed by atoms with E-state index >= 15 is 0 Å². The SMILES string of the molecule is O=C(CCc1nc(-c2cc(Br)cs2)no1)NCc1ccc(-c2nc3ccccc3s2)o1. The van der Waals surface area contributed by atoms with Crippen molar-refractivity contribution in [1.82, 2.24) is 20.4 Å². The zero-order chi connectivity index (χ0) is 21.2. The molecule has 0 bridgehead atoms. The number of benzene rings is 1. The summed E-state index contributed by atoms with van der Waals surface area (Å²) in [6.07, 6.45) is 0.627. The van der Waals surface area contributed by atoms with E-state index in [1.807, 2.05) is 47.8 Å². The third-order valence-electron chi connectivity index (χ3n) is 4.45. The smallest absolute Gasteiger partial charge is 0.227 e. The van der Waals surface area contributed by atoms with Crippen molar-refractivity contribution in [1.29, 1.82) is 0 Å². The first-order valence-electron chi connectivity index (χ1n) is 9.42. The Kier molecular flexibility index (Phi) is 5.66. The molecule has 5 rings (SSSR count). The van der Waals surface area contributed by atoms with Crippen LogP contribution in [0.2, 0.25) is 0 Å². The third kappa shape index (κ3) is 4.60. The van der Waals surface area contributed by atoms with Crippen molar-refractivity contribution in [3.63, 3.8) is 0 Å². The summed E-state index contributed by atoms with van der Waals surface area (Å²) in [5.74, 6) is 2.22. The molecule has 0 aliphatic heterocycles. The van der Waals surface area contributed by atoms with Crippen LogP contribution in [-0.2, 0) is 17.8 Å². The summed E-state index contributed by atoms with van der Waals surface area (Å²) in [4.78, 5) is 22.1. The molecule has 1 amide bonds. The van der Waals surface area contributed by atoms with E-state index in [2.05, 4.69) is 36.4 Å². The number of rotatable bonds is 7. The lowest BCUT2D eigenvalue weighted by atomic mass is 10.3. The lowest BCUT2D eigenvalue weighted by molar-refractivity contribution is -0.121. The molecule has 0 aliphatic rings. The molecule has 7 nitrogen and oxygen atoms in total. The van der Waals surface area contributed by atoms with E-state index in [1.165, 1.54) is 11.3 Å². The van der Waals surface area contributed by atoms with Crippen LogP contribution in [0.4, 0.5) is 0 Å². The number of hydrogen-bond acceptors (Lipinski definition) is 8. The normalized spacial score (nSPS) is 11.3. The van der Waals surface area contributed by atoms with E-state index in [-0.39, 0.29) is 12.3 Å². The molecule has 1 N–H and O–H groups in total. The molecule has 4 aromatic heterocycles. The van der Waals surface area contributed by atoms with Crippen molar-refractivity contribution in [3.8, 4) is 21.5 Å². The van der Waals surface area contributed by atoms with Crippen molar-refractivity contribution in [2.45, 2.75) is 19.4 Å². The van der Waals surface area contributed by atoms with E-state index in [1.54, 1.807) is 11.3 Å². The highest BCUT2D eigenvalue weighted by Gasteiger charge is 2.14. The number of carbonyl (C=O) groups is 1. The van der Waals surface area contributed by atoms with Crippen LogP contribution in [0.1, 0.15) is 18.1 Å². The van der Waals surface area contributed by atoms with Crippen LogP contribution in [0.3, 0.4) is 0 Å². The highest BCUT2D eigenvalue weighted by atomic mass is 79.9. The van der Waals surface area contributed by atoms with Gasteiger partial charge in [-0.25, -0.2) is 4.98 Å². The van der Waals surface area contributed by atoms with Crippen LogP contribution in [0.25, 0.3) is 31.7 Å². The number of nitrogens with one attached hydrogen (secondary N) is 1. The summed E-state index contributed by atoms with van der Waals surface area (Å²) in [5, 5.41) is 9.61. The zero-order valence-electron chi connectivity index (χ0n) is 16.0. The second-order valence-electron chi connectivity index (χ2n) is 6.67. The quantitative estimate of drug-likeness (QED) is 0.300. The molecular weight excluding hydrogens is 500 g/mol. The molecule has 0 radical (unpaired) electrons. The number of para-hydroxylation sites is 1. The van der Waals surface area contributed by atoms with E-state index in [0.717, 1.165) is 24.6 Å². The molecule has 0 saturated heterocycles. The molecule has 0 fully saturated rings. The van der Waals surface area contributed by atoms with E-state index in [9.17, 15) is 4.79 Å². The Bertz CT molecular complexity index is 1320. The molecular formula is C21H15BrN4O3S2. The van der Waals surface area contributed by atoms with Gasteiger partial charge in [0.1, 0.15) is 5.76 Å². The van der Waals surface area contributed by atoms with Gasteiger partial charge in [-0.2, -0.15) is 4.98 Å². The highest BCUT2D eigenvalue weighted by Crippen LogP contribution is 2.31. The Morgan fingerprint density at radius 2 is 2.06 bits per heavy atom. The molecule has 0 saturated carbocycles. The van der Waals surface area contributed by atoms with Crippen LogP contribution in [0.15, 0.2) is 61.3 Å². The fourth-order valence-electron chi connectivity index (χ4n) is 2.95. The lowest BCUT2D eigenvalue weighted by Gasteiger charge is -2.01. The molecule has 5 aromatic rings. The van der Waals surface area contributed by atoms with Gasteiger partial charge in [-0.05, 0) is 46.3 Å². The lowest BCUT2D eigenvalue weighted by Crippen LogP contribution is -2.22. The molecule has 10 heteroatoms. The number of furan rings is 1. The van der Waals surface area contributed by atoms with Crippen molar-refractivity contribution >= 4 is 54.7 Å². The van der Waals surface area contributed by atoms with Gasteiger partial charge in [0.2, 0.25) is 17.6 Å². The number of aryl methyl sites for hydroxylation is 1. The van der Waals surface area contributed by atoms with Gasteiger partial charge in [-0.3, -0.25) is 4.79 Å². The predicted molar refractivity (Wildman–Crippen MR) is 123 cm³/mol. The average Bonchev–Trinajstić information content (AvgIpc) is 3.56. The maximum absolute atomic E-state index is 12.2. The minimum atomic E-state index is -0.114. The van der Waals surface area contributed by atoms with E-state index in [4.69, 9.17) is 8.94 Å². The zero-order valence-corrected chi connectivity index (χ0v) is 19.2. The fraction of sp³-hybridized carbons (Fsp3) is 0.143. The van der Waals surface area contributed by atoms with Gasteiger partial charge < -0.3 is 14.3 Å². The summed E-state index contributed by atoms with van der Waals surface area (Å²) >= 11 is 6.51. The number of carbonyl (C=O) groups excluding carboxylic acids is 1. The average molecular weight is 515 g/mol. The van der Waals surface area contributed by atoms with Gasteiger partial charge in [0.15, 0.2) is 10.8 Å². The van der Waals surface area contributed by atoms with Crippen molar-refractivity contribution in [3.05, 3.63) is 64.0 Å². The second-order valence-corrected chi connectivity index (χ2v) is 9.53. The Labute approximate surface area is 193 Å². The number of aromatic nitrogens is 3. The number of hydrogen-bond donors (Lipinski definition) is 1. The maximum Gasteiger partial charge on any atom is 0.227 e. The molecule has 0 unspecified atom stereocenters. The summed E-state index contributed by atoms with van der Waals surface area (Å²) in [6, 6.07) is 13.6. The summed E-state index contributed by atoms with van der Waals surface area (Å²) in [6.45, 7) is 0.308. The topological polar surface area (TPSA) is 94.0 Å². The van der Waals surface area contributed by atoms with Crippen molar-refractivity contribution in [2.75, 3.05) is 0 Å². The summed E-state index contributed by atoms with van der Waals surface area (Å²) < 4.78 is 13.2. The van der Waals surface area contributed by atoms with Gasteiger partial charge in [0.25, 0.3) is 0 Å². The number of thiazole rings is 1. The van der Waals surface area contributed by atoms with E-state index in [0.29, 0.717) is 36.2 Å². The first-order chi connectivity index (χ1) is 15.1. The minimum absolute atomic E-state index is 0.114. The Hall–Kier alpha value is -2.82. The van der Waals surface area contributed by atoms with Crippen LogP contribution in [0, 0.1) is 0 Å². The highest BCUT2D eigenvalue weighted by molar-refractivity contribution is 9.10. The second kappa shape index (κ2) is 8.74. The van der Waals surface area contributed by atoms with E-state index < -0.39 is 0 Å². The van der Waals surface area contributed by atoms with Crippen LogP contribution in [0.5, 0.6) is 0 Å². The summed E-state index contributed by atoms with van der Waals surface area (Å²) in [5.41, 5.74) is 0.949. The Morgan fingerprint density at radius 3 is 2.90 bits per heavy atom. The number of halogens is 1. The van der Waals surface area contributed by atoms with Crippen LogP contribution in [-0.4, -0.2) is 21.0 Å². The van der Waals surface area contributed by atoms with Crippen LogP contribution >= 0.6 is 38.6 Å². The minimum Gasteiger partial charge on any atom is -0.457 e. The van der Waals surface area contributed by atoms with Gasteiger partial charge in [-0.1, -0.05) is 17.3 Å². The first-order valence-corrected chi connectivity index (χ1v) is 11.9. The number of amides is 1. The molecule has 156 valence electrons. The fourth-order valence-corrected chi connectivity index (χ4v) is 5.23. The number of nitrogens with zero attached hydrogens (tertiary/aromatic N) is 3. The van der Waals surface area contributed by atoms with Crippen LogP contribution < -0.4 is 5.32 Å². The van der Waals surface area contributed by atoms with Crippen molar-refractivity contribution in [2.24, 2.45) is 0 Å². The molecule has 0 spiro atoms. The molecule has 0 atom stereocenters.